The van der Waals surface area contributed by atoms with Crippen molar-refractivity contribution in [3.05, 3.63) is 247 Å². The molecule has 2 nitrogen and oxygen atoms in total. The Labute approximate surface area is 354 Å². The Hall–Kier alpha value is -7.94. The molecule has 0 bridgehead atoms. The fraction of sp³-hybridized carbons (Fsp3) is 0.0169. The molecule has 2 aliphatic rings. The first-order valence-corrected chi connectivity index (χ1v) is 21.1. The van der Waals surface area contributed by atoms with Gasteiger partial charge in [-0.3, -0.25) is 0 Å². The first kappa shape index (κ1) is 34.0. The Morgan fingerprint density at radius 1 is 0.311 bits per heavy atom. The van der Waals surface area contributed by atoms with E-state index in [1.165, 1.54) is 55.6 Å². The van der Waals surface area contributed by atoms with E-state index in [0.717, 1.165) is 60.9 Å². The van der Waals surface area contributed by atoms with Gasteiger partial charge < -0.3 is 9.32 Å². The quantitative estimate of drug-likeness (QED) is 0.173. The van der Waals surface area contributed by atoms with Gasteiger partial charge in [0.15, 0.2) is 0 Å². The Bertz CT molecular complexity index is 3490. The molecule has 2 aliphatic carbocycles. The summed E-state index contributed by atoms with van der Waals surface area (Å²) in [5, 5.41) is 4.53. The van der Waals surface area contributed by atoms with Gasteiger partial charge in [0, 0.05) is 33.0 Å². The smallest absolute Gasteiger partial charge is 0.143 e. The summed E-state index contributed by atoms with van der Waals surface area (Å²) in [5.41, 5.74) is 19.8. The Morgan fingerprint density at radius 3 is 1.59 bits per heavy atom. The van der Waals surface area contributed by atoms with Gasteiger partial charge in [0.05, 0.1) is 16.8 Å². The van der Waals surface area contributed by atoms with Crippen LogP contribution in [0.4, 0.5) is 17.1 Å². The summed E-state index contributed by atoms with van der Waals surface area (Å²) >= 11 is 0. The molecule has 2 heteroatoms. The van der Waals surface area contributed by atoms with Crippen molar-refractivity contribution in [2.45, 2.75) is 5.41 Å². The van der Waals surface area contributed by atoms with Crippen molar-refractivity contribution in [3.8, 4) is 44.5 Å². The van der Waals surface area contributed by atoms with Gasteiger partial charge in [-0.1, -0.05) is 188 Å². The van der Waals surface area contributed by atoms with Crippen molar-refractivity contribution < 1.29 is 4.42 Å². The van der Waals surface area contributed by atoms with Crippen LogP contribution in [0.5, 0.6) is 0 Å². The third kappa shape index (κ3) is 4.73. The second-order valence-corrected chi connectivity index (χ2v) is 16.3. The van der Waals surface area contributed by atoms with E-state index in [-0.39, 0.29) is 0 Å². The summed E-state index contributed by atoms with van der Waals surface area (Å²) in [6.45, 7) is 0. The number of hydrogen-bond donors (Lipinski definition) is 0. The number of nitrogens with zero attached hydrogens (tertiary/aromatic N) is 1. The molecule has 0 atom stereocenters. The van der Waals surface area contributed by atoms with Crippen LogP contribution in [-0.2, 0) is 5.41 Å². The van der Waals surface area contributed by atoms with Gasteiger partial charge >= 0.3 is 0 Å². The van der Waals surface area contributed by atoms with E-state index in [2.05, 4.69) is 223 Å². The summed E-state index contributed by atoms with van der Waals surface area (Å²) in [6.07, 6.45) is 0. The van der Waals surface area contributed by atoms with Crippen molar-refractivity contribution in [1.82, 2.24) is 0 Å². The second kappa shape index (κ2) is 13.0. The van der Waals surface area contributed by atoms with Gasteiger partial charge in [-0.15, -0.1) is 0 Å². The third-order valence-electron chi connectivity index (χ3n) is 13.3. The molecule has 1 spiro atoms. The monoisotopic (exact) mass is 775 g/mol. The molecule has 1 aromatic heterocycles. The lowest BCUT2D eigenvalue weighted by molar-refractivity contribution is 0.672. The van der Waals surface area contributed by atoms with Crippen LogP contribution in [0.25, 0.3) is 77.2 Å². The highest BCUT2D eigenvalue weighted by Gasteiger charge is 2.52. The zero-order valence-corrected chi connectivity index (χ0v) is 33.2. The molecule has 0 saturated heterocycles. The van der Waals surface area contributed by atoms with Crippen LogP contribution < -0.4 is 4.90 Å². The lowest BCUT2D eigenvalue weighted by Gasteiger charge is -2.32. The van der Waals surface area contributed by atoms with Crippen molar-refractivity contribution in [2.75, 3.05) is 4.90 Å². The highest BCUT2D eigenvalue weighted by atomic mass is 16.3. The Kier molecular flexibility index (Phi) is 7.26. The van der Waals surface area contributed by atoms with Crippen LogP contribution in [-0.4, -0.2) is 0 Å². The van der Waals surface area contributed by atoms with E-state index in [1.807, 2.05) is 6.07 Å². The predicted octanol–water partition coefficient (Wildman–Crippen LogP) is 15.9. The van der Waals surface area contributed by atoms with Gasteiger partial charge in [-0.2, -0.15) is 0 Å². The molecule has 11 aromatic rings. The molecular weight excluding hydrogens is 739 g/mol. The lowest BCUT2D eigenvalue weighted by Crippen LogP contribution is -2.26. The molecule has 1 heterocycles. The first-order valence-electron chi connectivity index (χ1n) is 21.1. The molecule has 61 heavy (non-hydrogen) atoms. The molecule has 10 aromatic carbocycles. The molecule has 0 fully saturated rings. The summed E-state index contributed by atoms with van der Waals surface area (Å²) in [4.78, 5) is 2.50. The van der Waals surface area contributed by atoms with Crippen molar-refractivity contribution in [3.63, 3.8) is 0 Å². The lowest BCUT2D eigenvalue weighted by atomic mass is 9.70. The largest absolute Gasteiger partial charge is 0.455 e. The van der Waals surface area contributed by atoms with Gasteiger partial charge in [0.25, 0.3) is 0 Å². The van der Waals surface area contributed by atoms with Crippen molar-refractivity contribution in [1.29, 1.82) is 0 Å². The number of furan rings is 1. The fourth-order valence-corrected chi connectivity index (χ4v) is 10.8. The molecular formula is C59H37NO. The van der Waals surface area contributed by atoms with Crippen LogP contribution >= 0.6 is 0 Å². The summed E-state index contributed by atoms with van der Waals surface area (Å²) in [6, 6.07) is 82.3. The van der Waals surface area contributed by atoms with Crippen LogP contribution in [0.1, 0.15) is 22.3 Å². The molecule has 0 radical (unpaired) electrons. The van der Waals surface area contributed by atoms with Crippen LogP contribution in [0.3, 0.4) is 0 Å². The summed E-state index contributed by atoms with van der Waals surface area (Å²) in [5.74, 6) is 0. The highest BCUT2D eigenvalue weighted by Crippen LogP contribution is 2.65. The van der Waals surface area contributed by atoms with Crippen LogP contribution in [0.15, 0.2) is 229 Å². The molecule has 13 rings (SSSR count). The average Bonchev–Trinajstić information content (AvgIpc) is 3.97. The normalized spacial score (nSPS) is 13.0. The minimum absolute atomic E-state index is 0.453. The predicted molar refractivity (Wildman–Crippen MR) is 253 cm³/mol. The number of rotatable bonds is 5. The van der Waals surface area contributed by atoms with Crippen molar-refractivity contribution >= 4 is 49.8 Å². The number of anilines is 3. The molecule has 0 N–H and O–H groups in total. The SMILES string of the molecule is c1ccc(-c2ccc(N(c3ccccc3-c3cccc4c3ccc3c5ccccc5oc43)c3cccc4c3-c3ccccc3C43c4ccccc4-c4ccccc43)cc2)cc1. The van der Waals surface area contributed by atoms with Crippen LogP contribution in [0, 0.1) is 0 Å². The second-order valence-electron chi connectivity index (χ2n) is 16.3. The number of fused-ring (bicyclic) bond motifs is 15. The zero-order chi connectivity index (χ0) is 40.1. The van der Waals surface area contributed by atoms with Gasteiger partial charge in [-0.05, 0) is 97.4 Å². The fourth-order valence-electron chi connectivity index (χ4n) is 10.8. The van der Waals surface area contributed by atoms with E-state index in [0.29, 0.717) is 0 Å². The van der Waals surface area contributed by atoms with Gasteiger partial charge in [0.2, 0.25) is 0 Å². The minimum Gasteiger partial charge on any atom is -0.455 e. The van der Waals surface area contributed by atoms with E-state index in [4.69, 9.17) is 4.42 Å². The molecule has 0 saturated carbocycles. The average molecular weight is 776 g/mol. The van der Waals surface area contributed by atoms with E-state index >= 15 is 0 Å². The molecule has 0 aliphatic heterocycles. The maximum Gasteiger partial charge on any atom is 0.143 e. The molecule has 284 valence electrons. The summed E-state index contributed by atoms with van der Waals surface area (Å²) in [7, 11) is 0. The Balaban J connectivity index is 1.09. The van der Waals surface area contributed by atoms with Gasteiger partial charge in [-0.25, -0.2) is 0 Å². The zero-order valence-electron chi connectivity index (χ0n) is 33.2. The molecule has 0 unspecified atom stereocenters. The third-order valence-corrected chi connectivity index (χ3v) is 13.3. The minimum atomic E-state index is -0.453. The topological polar surface area (TPSA) is 16.4 Å². The maximum absolute atomic E-state index is 6.59. The first-order chi connectivity index (χ1) is 30.3. The van der Waals surface area contributed by atoms with E-state index in [1.54, 1.807) is 0 Å². The van der Waals surface area contributed by atoms with Crippen LogP contribution in [0.2, 0.25) is 0 Å². The molecule has 0 amide bonds. The van der Waals surface area contributed by atoms with Crippen molar-refractivity contribution in [2.24, 2.45) is 0 Å². The number of benzene rings is 10. The Morgan fingerprint density at radius 2 is 0.820 bits per heavy atom. The van der Waals surface area contributed by atoms with E-state index < -0.39 is 5.41 Å². The number of para-hydroxylation sites is 2. The van der Waals surface area contributed by atoms with Gasteiger partial charge in [0.1, 0.15) is 11.2 Å². The standard InChI is InChI=1S/C59H37NO/c1-2-16-38(17-3-1)39-32-34-40(35-33-39)60(54-29-12-7-20-45(54)41-23-14-24-47-42(41)36-37-48-46-21-8-13-31-56(46)61-58(47)48)55-30-15-28-53-57(55)49-22-6-11-27-52(49)59(53)50-25-9-4-18-43(50)44-19-5-10-26-51(44)59/h1-37H. The number of hydrogen-bond acceptors (Lipinski definition) is 2. The maximum atomic E-state index is 6.59. The highest BCUT2D eigenvalue weighted by molar-refractivity contribution is 6.18. The van der Waals surface area contributed by atoms with E-state index in [9.17, 15) is 0 Å². The summed E-state index contributed by atoms with van der Waals surface area (Å²) < 4.78 is 6.59.